The van der Waals surface area contributed by atoms with Gasteiger partial charge in [0.25, 0.3) is 8.32 Å². The fraction of sp³-hybridized carbons (Fsp3) is 0.412. The summed E-state index contributed by atoms with van der Waals surface area (Å²) in [4.78, 5) is 0. The van der Waals surface area contributed by atoms with Crippen LogP contribution < -0.4 is 15.1 Å². The van der Waals surface area contributed by atoms with Gasteiger partial charge in [0.1, 0.15) is 18.0 Å². The SMILES string of the molecule is COc1ccc(CO[C@H](C)C/C=C/[C@@H]2O[C@@H]2[C@@H](O)CCO[Si](c2ccccc2)(c2ccccc2)C(C)(C)C)cc1. The van der Waals surface area contributed by atoms with Crippen molar-refractivity contribution in [3.8, 4) is 5.75 Å². The molecule has 1 N–H and O–H groups in total. The van der Waals surface area contributed by atoms with Crippen LogP contribution in [0, 0.1) is 0 Å². The van der Waals surface area contributed by atoms with E-state index in [4.69, 9.17) is 18.6 Å². The lowest BCUT2D eigenvalue weighted by Crippen LogP contribution is -2.66. The van der Waals surface area contributed by atoms with E-state index >= 15 is 0 Å². The molecule has 0 unspecified atom stereocenters. The number of aliphatic hydroxyl groups is 1. The Morgan fingerprint density at radius 3 is 2.08 bits per heavy atom. The van der Waals surface area contributed by atoms with Gasteiger partial charge in [-0.05, 0) is 52.9 Å². The minimum atomic E-state index is -2.60. The molecule has 4 rings (SSSR count). The molecule has 1 aliphatic heterocycles. The van der Waals surface area contributed by atoms with Gasteiger partial charge in [-0.2, -0.15) is 0 Å². The topological polar surface area (TPSA) is 60.5 Å². The maximum atomic E-state index is 10.9. The van der Waals surface area contributed by atoms with Crippen LogP contribution in [0.25, 0.3) is 0 Å². The first kappa shape index (κ1) is 30.2. The van der Waals surface area contributed by atoms with Crippen molar-refractivity contribution >= 4 is 18.7 Å². The zero-order chi connectivity index (χ0) is 28.6. The van der Waals surface area contributed by atoms with E-state index in [9.17, 15) is 5.11 Å². The smallest absolute Gasteiger partial charge is 0.261 e. The predicted molar refractivity (Wildman–Crippen MR) is 164 cm³/mol. The highest BCUT2D eigenvalue weighted by atomic mass is 28.4. The molecule has 214 valence electrons. The molecular formula is C34H44O5Si. The summed E-state index contributed by atoms with van der Waals surface area (Å²) < 4.78 is 23.9. The van der Waals surface area contributed by atoms with Gasteiger partial charge in [0.15, 0.2) is 0 Å². The second kappa shape index (κ2) is 13.7. The summed E-state index contributed by atoms with van der Waals surface area (Å²) in [5, 5.41) is 13.3. The fourth-order valence-electron chi connectivity index (χ4n) is 5.29. The van der Waals surface area contributed by atoms with Crippen molar-refractivity contribution in [2.75, 3.05) is 13.7 Å². The molecule has 0 amide bonds. The second-order valence-corrected chi connectivity index (χ2v) is 15.9. The molecule has 3 aromatic carbocycles. The van der Waals surface area contributed by atoms with Gasteiger partial charge in [-0.15, -0.1) is 0 Å². The standard InChI is InChI=1S/C34H44O5Si/c1-26(37-25-27-19-21-28(36-5)22-20-27)13-12-18-32-33(39-32)31(35)23-24-38-40(34(2,3)4,29-14-8-6-9-15-29)30-16-10-7-11-17-30/h6-12,14-22,26,31-33,35H,13,23-25H2,1-5H3/b18-12+/t26-,31+,32+,33-/m1/s1. The number of methoxy groups -OCH3 is 1. The average Bonchev–Trinajstić information content (AvgIpc) is 3.74. The molecular weight excluding hydrogens is 516 g/mol. The molecule has 6 heteroatoms. The van der Waals surface area contributed by atoms with E-state index in [1.807, 2.05) is 42.5 Å². The van der Waals surface area contributed by atoms with Crippen molar-refractivity contribution in [2.45, 2.75) is 76.6 Å². The highest BCUT2D eigenvalue weighted by molar-refractivity contribution is 6.99. The summed E-state index contributed by atoms with van der Waals surface area (Å²) >= 11 is 0. The molecule has 5 nitrogen and oxygen atoms in total. The van der Waals surface area contributed by atoms with Crippen molar-refractivity contribution in [1.29, 1.82) is 0 Å². The number of hydrogen-bond acceptors (Lipinski definition) is 5. The van der Waals surface area contributed by atoms with E-state index in [1.165, 1.54) is 10.4 Å². The first-order valence-corrected chi connectivity index (χ1v) is 16.1. The van der Waals surface area contributed by atoms with E-state index in [2.05, 4.69) is 82.3 Å². The summed E-state index contributed by atoms with van der Waals surface area (Å²) in [6.45, 7) is 9.90. The molecule has 4 atom stereocenters. The number of rotatable bonds is 14. The Labute approximate surface area is 240 Å². The lowest BCUT2D eigenvalue weighted by molar-refractivity contribution is 0.0552. The van der Waals surface area contributed by atoms with Crippen LogP contribution in [0.2, 0.25) is 5.04 Å². The minimum Gasteiger partial charge on any atom is -0.497 e. The third-order valence-electron chi connectivity index (χ3n) is 7.58. The van der Waals surface area contributed by atoms with Crippen molar-refractivity contribution in [3.05, 3.63) is 103 Å². The molecule has 3 aromatic rings. The zero-order valence-corrected chi connectivity index (χ0v) is 25.5. The average molecular weight is 561 g/mol. The maximum Gasteiger partial charge on any atom is 0.261 e. The molecule has 0 aliphatic carbocycles. The van der Waals surface area contributed by atoms with Gasteiger partial charge in [0.05, 0.1) is 25.9 Å². The van der Waals surface area contributed by atoms with E-state index in [-0.39, 0.29) is 23.4 Å². The third kappa shape index (κ3) is 7.50. The number of hydrogen-bond donors (Lipinski definition) is 1. The summed E-state index contributed by atoms with van der Waals surface area (Å²) in [6.07, 6.45) is 4.72. The Morgan fingerprint density at radius 2 is 1.52 bits per heavy atom. The highest BCUT2D eigenvalue weighted by Crippen LogP contribution is 2.37. The minimum absolute atomic E-state index is 0.0587. The molecule has 0 radical (unpaired) electrons. The Morgan fingerprint density at radius 1 is 0.925 bits per heavy atom. The van der Waals surface area contributed by atoms with E-state index < -0.39 is 14.4 Å². The Bertz CT molecular complexity index is 1150. The lowest BCUT2D eigenvalue weighted by Gasteiger charge is -2.43. The van der Waals surface area contributed by atoms with Crippen molar-refractivity contribution in [1.82, 2.24) is 0 Å². The van der Waals surface area contributed by atoms with Gasteiger partial charge in [-0.3, -0.25) is 0 Å². The van der Waals surface area contributed by atoms with Crippen molar-refractivity contribution < 1.29 is 23.7 Å². The summed E-state index contributed by atoms with van der Waals surface area (Å²) in [5.41, 5.74) is 1.12. The van der Waals surface area contributed by atoms with Crippen LogP contribution in [0.15, 0.2) is 97.1 Å². The number of ether oxygens (including phenoxy) is 3. The van der Waals surface area contributed by atoms with Crippen LogP contribution in [-0.4, -0.2) is 51.6 Å². The van der Waals surface area contributed by atoms with Crippen LogP contribution in [0.1, 0.15) is 46.1 Å². The van der Waals surface area contributed by atoms with E-state index in [0.29, 0.717) is 19.6 Å². The molecule has 1 aliphatic rings. The van der Waals surface area contributed by atoms with E-state index in [0.717, 1.165) is 17.7 Å². The first-order valence-electron chi connectivity index (χ1n) is 14.2. The van der Waals surface area contributed by atoms with Gasteiger partial charge < -0.3 is 23.7 Å². The molecule has 1 saturated heterocycles. The Kier molecular flexibility index (Phi) is 10.4. The fourth-order valence-corrected chi connectivity index (χ4v) is 9.87. The van der Waals surface area contributed by atoms with Gasteiger partial charge in [-0.25, -0.2) is 0 Å². The first-order chi connectivity index (χ1) is 19.2. The summed E-state index contributed by atoms with van der Waals surface area (Å²) in [5.74, 6) is 0.843. The van der Waals surface area contributed by atoms with Crippen LogP contribution in [0.4, 0.5) is 0 Å². The second-order valence-electron chi connectivity index (χ2n) is 11.6. The molecule has 0 bridgehead atoms. The van der Waals surface area contributed by atoms with Gasteiger partial charge >= 0.3 is 0 Å². The van der Waals surface area contributed by atoms with Crippen LogP contribution in [0.3, 0.4) is 0 Å². The third-order valence-corrected chi connectivity index (χ3v) is 12.6. The summed E-state index contributed by atoms with van der Waals surface area (Å²) in [7, 11) is -0.940. The number of aliphatic hydroxyl groups excluding tert-OH is 1. The van der Waals surface area contributed by atoms with Gasteiger partial charge in [-0.1, -0.05) is 106 Å². The van der Waals surface area contributed by atoms with Crippen LogP contribution in [-0.2, 0) is 20.5 Å². The summed E-state index contributed by atoms with van der Waals surface area (Å²) in [6, 6.07) is 29.1. The number of epoxide rings is 1. The Hall–Kier alpha value is -2.74. The zero-order valence-electron chi connectivity index (χ0n) is 24.5. The predicted octanol–water partition coefficient (Wildman–Crippen LogP) is 5.64. The molecule has 40 heavy (non-hydrogen) atoms. The molecule has 0 spiro atoms. The van der Waals surface area contributed by atoms with E-state index in [1.54, 1.807) is 7.11 Å². The highest BCUT2D eigenvalue weighted by Gasteiger charge is 2.50. The molecule has 1 fully saturated rings. The molecule has 0 aromatic heterocycles. The van der Waals surface area contributed by atoms with Gasteiger partial charge in [0, 0.05) is 6.61 Å². The van der Waals surface area contributed by atoms with Gasteiger partial charge in [0.2, 0.25) is 0 Å². The Balaban J connectivity index is 1.27. The normalized spacial score (nSPS) is 18.9. The molecule has 1 heterocycles. The number of benzene rings is 3. The van der Waals surface area contributed by atoms with Crippen molar-refractivity contribution in [3.63, 3.8) is 0 Å². The van der Waals surface area contributed by atoms with Crippen LogP contribution in [0.5, 0.6) is 5.75 Å². The van der Waals surface area contributed by atoms with Crippen LogP contribution >= 0.6 is 0 Å². The largest absolute Gasteiger partial charge is 0.497 e. The molecule has 0 saturated carbocycles. The quantitative estimate of drug-likeness (QED) is 0.157. The lowest BCUT2D eigenvalue weighted by atomic mass is 10.1. The monoisotopic (exact) mass is 560 g/mol. The maximum absolute atomic E-state index is 10.9. The van der Waals surface area contributed by atoms with Crippen molar-refractivity contribution in [2.24, 2.45) is 0 Å².